The molecule has 0 fully saturated rings. The lowest BCUT2D eigenvalue weighted by Gasteiger charge is -2.28. The zero-order valence-corrected chi connectivity index (χ0v) is 19.7. The van der Waals surface area contributed by atoms with Gasteiger partial charge in [-0.3, -0.25) is 9.36 Å². The standard InChI is InChI=1S/C26H21FN2O5S/c1-14-20-23(28-19-8-5-9-29(19)24(20)30)35-22(14)25(31)32-12-16-10-18(27)11-17-13-33-26(34-21(16)17)15-6-3-2-4-7-15/h2-4,6-7,10-11,26H,5,8-9,12-13H2,1H3/t26-/m0/s1. The summed E-state index contributed by atoms with van der Waals surface area (Å²) in [6, 6.07) is 12.1. The Morgan fingerprint density at radius 1 is 1.29 bits per heavy atom. The molecule has 9 heteroatoms. The summed E-state index contributed by atoms with van der Waals surface area (Å²) in [6.07, 6.45) is 0.999. The van der Waals surface area contributed by atoms with Gasteiger partial charge >= 0.3 is 5.97 Å². The van der Waals surface area contributed by atoms with Gasteiger partial charge in [0.05, 0.1) is 12.0 Å². The zero-order chi connectivity index (χ0) is 24.1. The van der Waals surface area contributed by atoms with Crippen LogP contribution in [0.2, 0.25) is 0 Å². The fourth-order valence-corrected chi connectivity index (χ4v) is 5.72. The minimum absolute atomic E-state index is 0.116. The topological polar surface area (TPSA) is 79.7 Å². The van der Waals surface area contributed by atoms with Crippen molar-refractivity contribution in [3.63, 3.8) is 0 Å². The number of hydrogen-bond donors (Lipinski definition) is 0. The highest BCUT2D eigenvalue weighted by molar-refractivity contribution is 7.20. The van der Waals surface area contributed by atoms with E-state index in [1.54, 1.807) is 11.5 Å². The van der Waals surface area contributed by atoms with Crippen LogP contribution >= 0.6 is 11.3 Å². The largest absolute Gasteiger partial charge is 0.460 e. The highest BCUT2D eigenvalue weighted by Gasteiger charge is 2.27. The van der Waals surface area contributed by atoms with Gasteiger partial charge in [-0.25, -0.2) is 14.2 Å². The Labute approximate surface area is 203 Å². The molecule has 0 saturated carbocycles. The van der Waals surface area contributed by atoms with Crippen molar-refractivity contribution in [3.05, 3.63) is 91.6 Å². The van der Waals surface area contributed by atoms with Crippen LogP contribution in [-0.4, -0.2) is 15.5 Å². The third kappa shape index (κ3) is 3.81. The SMILES string of the molecule is Cc1c(C(=O)OCc2cc(F)cc3c2O[C@@H](c2ccccc2)OC3)sc2nc3n(c(=O)c12)CCC3. The fourth-order valence-electron chi connectivity index (χ4n) is 4.64. The van der Waals surface area contributed by atoms with Crippen molar-refractivity contribution >= 4 is 27.5 Å². The molecular formula is C26H21FN2O5S. The maximum atomic E-state index is 14.3. The van der Waals surface area contributed by atoms with Crippen LogP contribution in [0.3, 0.4) is 0 Å². The van der Waals surface area contributed by atoms with Gasteiger partial charge in [-0.05, 0) is 31.0 Å². The molecule has 2 aliphatic rings. The predicted molar refractivity (Wildman–Crippen MR) is 127 cm³/mol. The van der Waals surface area contributed by atoms with Crippen LogP contribution in [0.4, 0.5) is 4.39 Å². The lowest BCUT2D eigenvalue weighted by Crippen LogP contribution is -2.20. The molecule has 2 aromatic heterocycles. The Hall–Kier alpha value is -3.56. The average molecular weight is 493 g/mol. The monoisotopic (exact) mass is 492 g/mol. The number of aryl methyl sites for hydroxylation is 2. The Kier molecular flexibility index (Phi) is 5.38. The van der Waals surface area contributed by atoms with E-state index in [4.69, 9.17) is 14.2 Å². The van der Waals surface area contributed by atoms with Crippen LogP contribution in [0.1, 0.15) is 50.5 Å². The van der Waals surface area contributed by atoms with Crippen LogP contribution < -0.4 is 10.3 Å². The Morgan fingerprint density at radius 3 is 2.94 bits per heavy atom. The number of carbonyl (C=O) groups is 1. The van der Waals surface area contributed by atoms with Gasteiger partial charge in [0.15, 0.2) is 0 Å². The van der Waals surface area contributed by atoms with Crippen molar-refractivity contribution in [1.29, 1.82) is 0 Å². The number of nitrogens with zero attached hydrogens (tertiary/aromatic N) is 2. The molecule has 4 aromatic rings. The van der Waals surface area contributed by atoms with Gasteiger partial charge in [0.25, 0.3) is 5.56 Å². The molecule has 2 aromatic carbocycles. The summed E-state index contributed by atoms with van der Waals surface area (Å²) in [7, 11) is 0. The fraction of sp³-hybridized carbons (Fsp3) is 0.269. The van der Waals surface area contributed by atoms with Gasteiger partial charge in [-0.2, -0.15) is 0 Å². The Balaban J connectivity index is 1.27. The zero-order valence-electron chi connectivity index (χ0n) is 18.9. The number of fused-ring (bicyclic) bond motifs is 3. The van der Waals surface area contributed by atoms with Crippen LogP contribution in [-0.2, 0) is 35.7 Å². The van der Waals surface area contributed by atoms with E-state index in [1.165, 1.54) is 12.1 Å². The average Bonchev–Trinajstić information content (AvgIpc) is 3.47. The lowest BCUT2D eigenvalue weighted by atomic mass is 10.1. The first kappa shape index (κ1) is 21.9. The third-order valence-corrected chi connectivity index (χ3v) is 7.52. The number of carbonyl (C=O) groups excluding carboxylic acids is 1. The van der Waals surface area contributed by atoms with E-state index in [1.807, 2.05) is 30.3 Å². The van der Waals surface area contributed by atoms with Crippen LogP contribution in [0.5, 0.6) is 5.75 Å². The van der Waals surface area contributed by atoms with Gasteiger partial charge < -0.3 is 14.2 Å². The molecule has 6 rings (SSSR count). The van der Waals surface area contributed by atoms with E-state index in [0.717, 1.165) is 35.6 Å². The predicted octanol–water partition coefficient (Wildman–Crippen LogP) is 4.82. The first-order chi connectivity index (χ1) is 17.0. The van der Waals surface area contributed by atoms with Crippen LogP contribution in [0.25, 0.3) is 10.2 Å². The number of esters is 1. The normalized spacial score (nSPS) is 16.6. The summed E-state index contributed by atoms with van der Waals surface area (Å²) in [5, 5.41) is 0.460. The summed E-state index contributed by atoms with van der Waals surface area (Å²) < 4.78 is 33.3. The first-order valence-electron chi connectivity index (χ1n) is 11.3. The van der Waals surface area contributed by atoms with Crippen molar-refractivity contribution in [2.75, 3.05) is 0 Å². The lowest BCUT2D eigenvalue weighted by molar-refractivity contribution is -0.112. The van der Waals surface area contributed by atoms with E-state index < -0.39 is 18.1 Å². The molecule has 0 N–H and O–H groups in total. The number of ether oxygens (including phenoxy) is 3. The second-order valence-corrected chi connectivity index (χ2v) is 9.62. The van der Waals surface area contributed by atoms with E-state index in [0.29, 0.717) is 44.1 Å². The summed E-state index contributed by atoms with van der Waals surface area (Å²) >= 11 is 1.15. The van der Waals surface area contributed by atoms with E-state index >= 15 is 0 Å². The molecule has 178 valence electrons. The minimum Gasteiger partial charge on any atom is -0.460 e. The summed E-state index contributed by atoms with van der Waals surface area (Å²) in [5.41, 5.74) is 2.23. The second-order valence-electron chi connectivity index (χ2n) is 8.63. The molecule has 35 heavy (non-hydrogen) atoms. The molecule has 0 radical (unpaired) electrons. The molecule has 0 saturated heterocycles. The third-order valence-electron chi connectivity index (χ3n) is 6.35. The summed E-state index contributed by atoms with van der Waals surface area (Å²) in [6.45, 7) is 2.36. The number of halogens is 1. The maximum absolute atomic E-state index is 14.3. The van der Waals surface area contributed by atoms with Crippen LogP contribution in [0, 0.1) is 12.7 Å². The van der Waals surface area contributed by atoms with Gasteiger partial charge in [0, 0.05) is 29.7 Å². The van der Waals surface area contributed by atoms with Crippen molar-refractivity contribution in [1.82, 2.24) is 9.55 Å². The maximum Gasteiger partial charge on any atom is 0.349 e. The molecule has 0 amide bonds. The van der Waals surface area contributed by atoms with Crippen molar-refractivity contribution in [3.8, 4) is 5.75 Å². The Morgan fingerprint density at radius 2 is 2.11 bits per heavy atom. The molecule has 7 nitrogen and oxygen atoms in total. The highest BCUT2D eigenvalue weighted by atomic mass is 32.1. The molecular weight excluding hydrogens is 471 g/mol. The van der Waals surface area contributed by atoms with Gasteiger partial charge in [-0.1, -0.05) is 30.3 Å². The quantitative estimate of drug-likeness (QED) is 0.380. The van der Waals surface area contributed by atoms with Crippen molar-refractivity contribution in [2.45, 2.75) is 45.8 Å². The molecule has 0 aliphatic carbocycles. The van der Waals surface area contributed by atoms with E-state index in [2.05, 4.69) is 4.98 Å². The van der Waals surface area contributed by atoms with E-state index in [-0.39, 0.29) is 18.8 Å². The molecule has 1 atom stereocenters. The summed E-state index contributed by atoms with van der Waals surface area (Å²) in [5.74, 6) is 0.149. The number of benzene rings is 2. The van der Waals surface area contributed by atoms with Gasteiger partial charge in [0.2, 0.25) is 6.29 Å². The van der Waals surface area contributed by atoms with Gasteiger partial charge in [0.1, 0.15) is 33.7 Å². The molecule has 0 bridgehead atoms. The smallest absolute Gasteiger partial charge is 0.349 e. The van der Waals surface area contributed by atoms with Crippen LogP contribution in [0.15, 0.2) is 47.3 Å². The molecule has 4 heterocycles. The van der Waals surface area contributed by atoms with Gasteiger partial charge in [-0.15, -0.1) is 11.3 Å². The molecule has 0 spiro atoms. The van der Waals surface area contributed by atoms with Crippen molar-refractivity contribution < 1.29 is 23.4 Å². The molecule has 2 aliphatic heterocycles. The van der Waals surface area contributed by atoms with E-state index in [9.17, 15) is 14.0 Å². The number of rotatable bonds is 4. The first-order valence-corrected chi connectivity index (χ1v) is 12.2. The summed E-state index contributed by atoms with van der Waals surface area (Å²) in [4.78, 5) is 31.4. The molecule has 0 unspecified atom stereocenters. The number of aromatic nitrogens is 2. The van der Waals surface area contributed by atoms with Crippen molar-refractivity contribution in [2.24, 2.45) is 0 Å². The number of thiophene rings is 1. The Bertz CT molecular complexity index is 1530. The second kappa shape index (κ2) is 8.58. The highest BCUT2D eigenvalue weighted by Crippen LogP contribution is 2.37. The minimum atomic E-state index is -0.644. The number of hydrogen-bond acceptors (Lipinski definition) is 7.